The van der Waals surface area contributed by atoms with Crippen LogP contribution in [0.5, 0.6) is 0 Å². The van der Waals surface area contributed by atoms with Crippen molar-refractivity contribution in [3.8, 4) is 0 Å². The molecule has 0 radical (unpaired) electrons. The Morgan fingerprint density at radius 3 is 2.63 bits per heavy atom. The summed E-state index contributed by atoms with van der Waals surface area (Å²) < 4.78 is 0.827. The minimum absolute atomic E-state index is 0.311. The van der Waals surface area contributed by atoms with Crippen molar-refractivity contribution in [1.82, 2.24) is 10.4 Å². The number of para-hydroxylation sites is 1. The number of aromatic nitrogens is 1. The SMILES string of the molecule is NNC(=Nc1cncc(Br)c1)N(N)c1ccccc1. The molecule has 1 heterocycles. The van der Waals surface area contributed by atoms with E-state index in [1.54, 1.807) is 12.4 Å². The lowest BCUT2D eigenvalue weighted by Crippen LogP contribution is -2.48. The molecule has 2 rings (SSSR count). The quantitative estimate of drug-likeness (QED) is 0.339. The van der Waals surface area contributed by atoms with Crippen molar-refractivity contribution in [2.45, 2.75) is 0 Å². The van der Waals surface area contributed by atoms with Gasteiger partial charge in [0.25, 0.3) is 0 Å². The fourth-order valence-corrected chi connectivity index (χ4v) is 1.80. The van der Waals surface area contributed by atoms with Crippen molar-refractivity contribution in [2.24, 2.45) is 16.7 Å². The molecule has 0 amide bonds. The monoisotopic (exact) mass is 320 g/mol. The summed E-state index contributed by atoms with van der Waals surface area (Å²) in [5, 5.41) is 1.36. The van der Waals surface area contributed by atoms with Crippen LogP contribution in [0.3, 0.4) is 0 Å². The molecule has 19 heavy (non-hydrogen) atoms. The molecule has 2 aromatic rings. The summed E-state index contributed by atoms with van der Waals surface area (Å²) in [6.07, 6.45) is 3.28. The minimum Gasteiger partial charge on any atom is -0.293 e. The zero-order valence-corrected chi connectivity index (χ0v) is 11.6. The van der Waals surface area contributed by atoms with Gasteiger partial charge >= 0.3 is 0 Å². The van der Waals surface area contributed by atoms with Crippen LogP contribution in [-0.4, -0.2) is 10.9 Å². The van der Waals surface area contributed by atoms with Gasteiger partial charge in [0.1, 0.15) is 0 Å². The first-order valence-corrected chi connectivity index (χ1v) is 6.26. The van der Waals surface area contributed by atoms with Gasteiger partial charge in [-0.1, -0.05) is 18.2 Å². The van der Waals surface area contributed by atoms with E-state index in [9.17, 15) is 0 Å². The largest absolute Gasteiger partial charge is 0.293 e. The van der Waals surface area contributed by atoms with Crippen molar-refractivity contribution < 1.29 is 0 Å². The lowest BCUT2D eigenvalue weighted by molar-refractivity contribution is 0.949. The first kappa shape index (κ1) is 13.5. The summed E-state index contributed by atoms with van der Waals surface area (Å²) in [5.74, 6) is 11.7. The van der Waals surface area contributed by atoms with Gasteiger partial charge in [-0.25, -0.2) is 21.7 Å². The molecule has 6 nitrogen and oxygen atoms in total. The molecule has 0 aliphatic heterocycles. The number of rotatable bonds is 2. The van der Waals surface area contributed by atoms with Gasteiger partial charge < -0.3 is 0 Å². The molecule has 7 heteroatoms. The molecule has 0 fully saturated rings. The second-order valence-electron chi connectivity index (χ2n) is 3.65. The van der Waals surface area contributed by atoms with Crippen molar-refractivity contribution in [3.63, 3.8) is 0 Å². The molecule has 5 N–H and O–H groups in total. The number of hydrazine groups is 2. The van der Waals surface area contributed by atoms with Gasteiger partial charge in [-0.15, -0.1) is 0 Å². The minimum atomic E-state index is 0.311. The van der Waals surface area contributed by atoms with Gasteiger partial charge in [-0.3, -0.25) is 10.4 Å². The second kappa shape index (κ2) is 6.28. The van der Waals surface area contributed by atoms with E-state index in [0.717, 1.165) is 10.2 Å². The van der Waals surface area contributed by atoms with Gasteiger partial charge in [0.05, 0.1) is 17.6 Å². The van der Waals surface area contributed by atoms with E-state index in [0.29, 0.717) is 11.6 Å². The van der Waals surface area contributed by atoms with Crippen LogP contribution < -0.4 is 22.1 Å². The maximum atomic E-state index is 5.96. The van der Waals surface area contributed by atoms with E-state index in [2.05, 4.69) is 31.3 Å². The molecule has 0 bridgehead atoms. The molecule has 1 aromatic heterocycles. The van der Waals surface area contributed by atoms with Crippen molar-refractivity contribution >= 4 is 33.3 Å². The Balaban J connectivity index is 2.29. The number of nitrogens with two attached hydrogens (primary N) is 2. The average molecular weight is 321 g/mol. The van der Waals surface area contributed by atoms with E-state index in [1.165, 1.54) is 5.01 Å². The Bertz CT molecular complexity index is 571. The highest BCUT2D eigenvalue weighted by molar-refractivity contribution is 9.10. The molecule has 0 unspecified atom stereocenters. The summed E-state index contributed by atoms with van der Waals surface area (Å²) in [6, 6.07) is 11.2. The maximum Gasteiger partial charge on any atom is 0.233 e. The number of pyridine rings is 1. The number of benzene rings is 1. The number of nitrogens with one attached hydrogen (secondary N) is 1. The Kier molecular flexibility index (Phi) is 4.45. The molecule has 0 aliphatic rings. The van der Waals surface area contributed by atoms with Crippen molar-refractivity contribution in [1.29, 1.82) is 0 Å². The third-order valence-corrected chi connectivity index (χ3v) is 2.75. The summed E-state index contributed by atoms with van der Waals surface area (Å²) in [7, 11) is 0. The lowest BCUT2D eigenvalue weighted by atomic mass is 10.3. The van der Waals surface area contributed by atoms with Gasteiger partial charge in [-0.05, 0) is 34.1 Å². The zero-order chi connectivity index (χ0) is 13.7. The predicted octanol–water partition coefficient (Wildman–Crippen LogP) is 1.68. The van der Waals surface area contributed by atoms with Crippen LogP contribution in [0.15, 0.2) is 58.3 Å². The van der Waals surface area contributed by atoms with Gasteiger partial charge in [-0.2, -0.15) is 0 Å². The Hall–Kier alpha value is -1.96. The van der Waals surface area contributed by atoms with Gasteiger partial charge in [0, 0.05) is 10.7 Å². The van der Waals surface area contributed by atoms with Crippen molar-refractivity contribution in [3.05, 3.63) is 53.3 Å². The highest BCUT2D eigenvalue weighted by atomic mass is 79.9. The summed E-state index contributed by atoms with van der Waals surface area (Å²) >= 11 is 3.33. The summed E-state index contributed by atoms with van der Waals surface area (Å²) in [6.45, 7) is 0. The van der Waals surface area contributed by atoms with E-state index in [1.807, 2.05) is 36.4 Å². The molecule has 0 spiro atoms. The molecular formula is C12H13BrN6. The third kappa shape index (κ3) is 3.50. The molecule has 0 saturated carbocycles. The molecule has 0 saturated heterocycles. The van der Waals surface area contributed by atoms with Crippen molar-refractivity contribution in [2.75, 3.05) is 5.01 Å². The third-order valence-electron chi connectivity index (χ3n) is 2.32. The highest BCUT2D eigenvalue weighted by Crippen LogP contribution is 2.17. The number of hydrogen-bond donors (Lipinski definition) is 3. The maximum absolute atomic E-state index is 5.96. The van der Waals surface area contributed by atoms with Crippen LogP contribution in [0.2, 0.25) is 0 Å². The number of anilines is 1. The molecule has 0 atom stereocenters. The van der Waals surface area contributed by atoms with Crippen LogP contribution in [0.4, 0.5) is 11.4 Å². The number of halogens is 1. The van der Waals surface area contributed by atoms with E-state index < -0.39 is 0 Å². The molecular weight excluding hydrogens is 308 g/mol. The average Bonchev–Trinajstić information content (AvgIpc) is 2.45. The smallest absolute Gasteiger partial charge is 0.233 e. The lowest BCUT2D eigenvalue weighted by Gasteiger charge is -2.19. The Morgan fingerprint density at radius 1 is 1.26 bits per heavy atom. The first-order chi connectivity index (χ1) is 9.20. The first-order valence-electron chi connectivity index (χ1n) is 5.46. The van der Waals surface area contributed by atoms with Gasteiger partial charge in [0.2, 0.25) is 5.96 Å². The van der Waals surface area contributed by atoms with E-state index in [-0.39, 0.29) is 0 Å². The fourth-order valence-electron chi connectivity index (χ4n) is 1.45. The van der Waals surface area contributed by atoms with Crippen LogP contribution in [-0.2, 0) is 0 Å². The summed E-state index contributed by atoms with van der Waals surface area (Å²) in [5.41, 5.74) is 3.88. The fraction of sp³-hybridized carbons (Fsp3) is 0. The van der Waals surface area contributed by atoms with Crippen LogP contribution in [0.25, 0.3) is 0 Å². The Labute approximate surface area is 119 Å². The molecule has 1 aromatic carbocycles. The van der Waals surface area contributed by atoms with Crippen LogP contribution in [0.1, 0.15) is 0 Å². The summed E-state index contributed by atoms with van der Waals surface area (Å²) in [4.78, 5) is 8.32. The standard InChI is InChI=1S/C12H13BrN6/c13-9-6-10(8-16-7-9)17-12(18-14)19(15)11-4-2-1-3-5-11/h1-8H,14-15H2,(H,17,18). The highest BCUT2D eigenvalue weighted by Gasteiger charge is 2.08. The topological polar surface area (TPSA) is 92.6 Å². The van der Waals surface area contributed by atoms with Crippen LogP contribution >= 0.6 is 15.9 Å². The van der Waals surface area contributed by atoms with Gasteiger partial charge in [0.15, 0.2) is 0 Å². The van der Waals surface area contributed by atoms with Crippen LogP contribution in [0, 0.1) is 0 Å². The van der Waals surface area contributed by atoms with E-state index >= 15 is 0 Å². The Morgan fingerprint density at radius 2 is 2.00 bits per heavy atom. The second-order valence-corrected chi connectivity index (χ2v) is 4.56. The predicted molar refractivity (Wildman–Crippen MR) is 79.5 cm³/mol. The normalized spacial score (nSPS) is 11.2. The number of guanidine groups is 1. The molecule has 98 valence electrons. The number of nitrogens with zero attached hydrogens (tertiary/aromatic N) is 3. The van der Waals surface area contributed by atoms with E-state index in [4.69, 9.17) is 11.7 Å². The molecule has 0 aliphatic carbocycles. The number of aliphatic imine (C=N–C) groups is 1. The zero-order valence-electron chi connectivity index (χ0n) is 9.99. The number of hydrogen-bond acceptors (Lipinski definition) is 4.